The predicted molar refractivity (Wildman–Crippen MR) is 108 cm³/mol. The maximum atomic E-state index is 12.7. The number of nitriles is 1. The van der Waals surface area contributed by atoms with Crippen LogP contribution in [0, 0.1) is 18.3 Å². The van der Waals surface area contributed by atoms with Crippen LogP contribution in [0.1, 0.15) is 39.1 Å². The van der Waals surface area contributed by atoms with Crippen LogP contribution in [0.4, 0.5) is 16.7 Å². The molecule has 1 aromatic heterocycles. The summed E-state index contributed by atoms with van der Waals surface area (Å²) >= 11 is 0. The van der Waals surface area contributed by atoms with Crippen molar-refractivity contribution in [2.75, 3.05) is 16.8 Å². The molecule has 0 spiro atoms. The van der Waals surface area contributed by atoms with E-state index >= 15 is 0 Å². The van der Waals surface area contributed by atoms with Crippen LogP contribution >= 0.6 is 0 Å². The van der Waals surface area contributed by atoms with Gasteiger partial charge in [-0.25, -0.2) is 17.9 Å². The summed E-state index contributed by atoms with van der Waals surface area (Å²) in [6, 6.07) is 6.95. The number of carbonyl (C=O) groups is 1. The number of aryl methyl sites for hydroxylation is 1. The van der Waals surface area contributed by atoms with Crippen molar-refractivity contribution in [3.05, 3.63) is 35.7 Å². The van der Waals surface area contributed by atoms with E-state index in [2.05, 4.69) is 20.3 Å². The number of hydrogen-bond donors (Lipinski definition) is 2. The quantitative estimate of drug-likeness (QED) is 0.754. The van der Waals surface area contributed by atoms with Crippen LogP contribution in [0.25, 0.3) is 0 Å². The molecular formula is C18H23N7O3S. The van der Waals surface area contributed by atoms with E-state index in [1.165, 1.54) is 12.1 Å². The van der Waals surface area contributed by atoms with Gasteiger partial charge in [-0.15, -0.1) is 0 Å². The van der Waals surface area contributed by atoms with E-state index in [1.54, 1.807) is 19.1 Å². The molecule has 1 heterocycles. The first kappa shape index (κ1) is 22.0. The van der Waals surface area contributed by atoms with Gasteiger partial charge in [-0.2, -0.15) is 20.2 Å². The fourth-order valence-electron chi connectivity index (χ4n) is 2.25. The number of hydrogen-bond acceptors (Lipinski definition) is 8. The smallest absolute Gasteiger partial charge is 0.338 e. The van der Waals surface area contributed by atoms with Gasteiger partial charge < -0.3 is 5.32 Å². The lowest BCUT2D eigenvalue weighted by atomic mass is 10.1. The molecule has 0 aliphatic rings. The summed E-state index contributed by atoms with van der Waals surface area (Å²) in [5.41, 5.74) is 0.484. The van der Waals surface area contributed by atoms with Crippen LogP contribution < -0.4 is 14.9 Å². The summed E-state index contributed by atoms with van der Waals surface area (Å²) in [7, 11) is -4.09. The van der Waals surface area contributed by atoms with Gasteiger partial charge in [-0.1, -0.05) is 17.7 Å². The van der Waals surface area contributed by atoms with Gasteiger partial charge in [0.1, 0.15) is 6.07 Å². The normalized spacial score (nSPS) is 11.4. The number of carbonyl (C=O) groups excluding carboxylic acids is 1. The van der Waals surface area contributed by atoms with Gasteiger partial charge in [0.15, 0.2) is 0 Å². The summed E-state index contributed by atoms with van der Waals surface area (Å²) in [5, 5.41) is 12.2. The zero-order valence-electron chi connectivity index (χ0n) is 16.9. The van der Waals surface area contributed by atoms with Crippen LogP contribution in [0.2, 0.25) is 0 Å². The average Bonchev–Trinajstić information content (AvgIpc) is 2.60. The van der Waals surface area contributed by atoms with Crippen LogP contribution in [0.5, 0.6) is 0 Å². The maximum absolute atomic E-state index is 12.7. The summed E-state index contributed by atoms with van der Waals surface area (Å²) in [6.45, 7) is 9.15. The molecule has 29 heavy (non-hydrogen) atoms. The predicted octanol–water partition coefficient (Wildman–Crippen LogP) is 2.19. The van der Waals surface area contributed by atoms with Gasteiger partial charge >= 0.3 is 6.03 Å². The van der Waals surface area contributed by atoms with Crippen molar-refractivity contribution in [2.45, 2.75) is 45.1 Å². The first-order valence-electron chi connectivity index (χ1n) is 8.80. The number of benzene rings is 1. The van der Waals surface area contributed by atoms with E-state index in [4.69, 9.17) is 0 Å². The second-order valence-corrected chi connectivity index (χ2v) is 8.92. The van der Waals surface area contributed by atoms with Gasteiger partial charge in [0.05, 0.1) is 4.90 Å². The van der Waals surface area contributed by atoms with Crippen molar-refractivity contribution in [2.24, 2.45) is 0 Å². The highest BCUT2D eigenvalue weighted by Gasteiger charge is 2.25. The van der Waals surface area contributed by atoms with E-state index in [0.29, 0.717) is 0 Å². The summed E-state index contributed by atoms with van der Waals surface area (Å²) in [5.74, 6) is -0.233. The Morgan fingerprint density at radius 2 is 1.79 bits per heavy atom. The molecular weight excluding hydrogens is 394 g/mol. The first-order chi connectivity index (χ1) is 13.4. The van der Waals surface area contributed by atoms with Gasteiger partial charge in [0.2, 0.25) is 17.7 Å². The highest BCUT2D eigenvalue weighted by molar-refractivity contribution is 7.90. The molecule has 2 aromatic rings. The Morgan fingerprint density at radius 1 is 1.17 bits per heavy atom. The summed E-state index contributed by atoms with van der Waals surface area (Å²) in [6.07, 6.45) is 0. The van der Waals surface area contributed by atoms with Crippen LogP contribution in [0.3, 0.4) is 0 Å². The molecule has 2 N–H and O–H groups in total. The van der Waals surface area contributed by atoms with Gasteiger partial charge in [0, 0.05) is 12.1 Å². The number of nitrogens with one attached hydrogen (secondary N) is 2. The zero-order valence-corrected chi connectivity index (χ0v) is 17.7. The molecule has 0 saturated carbocycles. The topological polar surface area (TPSA) is 141 Å². The monoisotopic (exact) mass is 417 g/mol. The van der Waals surface area contributed by atoms with Crippen molar-refractivity contribution >= 4 is 28.0 Å². The fourth-order valence-corrected chi connectivity index (χ4v) is 3.20. The van der Waals surface area contributed by atoms with Gasteiger partial charge in [-0.05, 0) is 46.8 Å². The molecule has 1 aromatic carbocycles. The Morgan fingerprint density at radius 3 is 2.31 bits per heavy atom. The van der Waals surface area contributed by atoms with Crippen molar-refractivity contribution in [3.63, 3.8) is 0 Å². The van der Waals surface area contributed by atoms with Crippen LogP contribution in [0.15, 0.2) is 29.2 Å². The number of anilines is 2. The van der Waals surface area contributed by atoms with Crippen LogP contribution in [-0.2, 0) is 10.0 Å². The maximum Gasteiger partial charge on any atom is 0.338 e. The molecule has 10 nitrogen and oxygen atoms in total. The average molecular weight is 417 g/mol. The SMILES string of the molecule is CCN(C(=O)NS(=O)(=O)c1ccc(C)cc1)c1nc(C#N)nc(NC(C)(C)C)n1. The summed E-state index contributed by atoms with van der Waals surface area (Å²) < 4.78 is 27.0. The van der Waals surface area contributed by atoms with E-state index < -0.39 is 21.6 Å². The Kier molecular flexibility index (Phi) is 6.38. The highest BCUT2D eigenvalue weighted by Crippen LogP contribution is 2.16. The lowest BCUT2D eigenvalue weighted by Gasteiger charge is -2.23. The van der Waals surface area contributed by atoms with Crippen molar-refractivity contribution in [3.8, 4) is 6.07 Å². The largest absolute Gasteiger partial charge is 0.349 e. The molecule has 0 fully saturated rings. The molecule has 0 radical (unpaired) electrons. The van der Waals surface area contributed by atoms with Crippen molar-refractivity contribution < 1.29 is 13.2 Å². The Labute approximate surface area is 170 Å². The lowest BCUT2D eigenvalue weighted by Crippen LogP contribution is -2.44. The van der Waals surface area contributed by atoms with E-state index in [1.807, 2.05) is 38.5 Å². The number of urea groups is 1. The minimum atomic E-state index is -4.09. The molecule has 0 aliphatic heterocycles. The molecule has 0 aliphatic carbocycles. The van der Waals surface area contributed by atoms with Crippen molar-refractivity contribution in [1.82, 2.24) is 19.7 Å². The number of amides is 2. The molecule has 2 rings (SSSR count). The fraction of sp³-hybridized carbons (Fsp3) is 0.389. The highest BCUT2D eigenvalue weighted by atomic mass is 32.2. The zero-order chi connectivity index (χ0) is 21.8. The minimum absolute atomic E-state index is 0.0454. The number of aromatic nitrogens is 3. The number of sulfonamides is 1. The lowest BCUT2D eigenvalue weighted by molar-refractivity contribution is 0.251. The molecule has 0 saturated heterocycles. The Balaban J connectivity index is 2.35. The summed E-state index contributed by atoms with van der Waals surface area (Å²) in [4.78, 5) is 25.7. The molecule has 2 amide bonds. The second kappa shape index (κ2) is 8.40. The first-order valence-corrected chi connectivity index (χ1v) is 10.3. The molecule has 11 heteroatoms. The molecule has 0 unspecified atom stereocenters. The third-order valence-electron chi connectivity index (χ3n) is 3.57. The standard InChI is InChI=1S/C18H23N7O3S/c1-6-25(16-21-14(11-19)20-15(22-16)23-18(3,4)5)17(26)24-29(27,28)13-9-7-12(2)8-10-13/h7-10H,6H2,1-5H3,(H,24,26)(H,20,21,22,23). The van der Waals surface area contributed by atoms with E-state index in [9.17, 15) is 18.5 Å². The molecule has 154 valence electrons. The van der Waals surface area contributed by atoms with Crippen molar-refractivity contribution in [1.29, 1.82) is 5.26 Å². The Hall–Kier alpha value is -3.26. The van der Waals surface area contributed by atoms with Gasteiger partial charge in [-0.3, -0.25) is 4.90 Å². The molecule has 0 atom stereocenters. The number of rotatable bonds is 5. The van der Waals surface area contributed by atoms with Gasteiger partial charge in [0.25, 0.3) is 10.0 Å². The van der Waals surface area contributed by atoms with E-state index in [-0.39, 0.29) is 29.2 Å². The van der Waals surface area contributed by atoms with Crippen LogP contribution in [-0.4, -0.2) is 41.5 Å². The Bertz CT molecular complexity index is 1040. The second-order valence-electron chi connectivity index (χ2n) is 7.24. The minimum Gasteiger partial charge on any atom is -0.349 e. The number of nitrogens with zero attached hydrogens (tertiary/aromatic N) is 5. The molecule has 0 bridgehead atoms. The van der Waals surface area contributed by atoms with E-state index in [0.717, 1.165) is 10.5 Å². The third kappa shape index (κ3) is 5.86. The third-order valence-corrected chi connectivity index (χ3v) is 4.90.